The monoisotopic (exact) mass is 621 g/mol. The van der Waals surface area contributed by atoms with Crippen LogP contribution in [-0.4, -0.2) is 77.2 Å². The van der Waals surface area contributed by atoms with Crippen LogP contribution in [0.25, 0.3) is 10.4 Å². The average molecular weight is 622 g/mol. The van der Waals surface area contributed by atoms with Gasteiger partial charge in [-0.3, -0.25) is 0 Å². The molecular formula is C31H31N3O9S. The van der Waals surface area contributed by atoms with Crippen LogP contribution in [0.15, 0.2) is 94.9 Å². The van der Waals surface area contributed by atoms with Crippen molar-refractivity contribution >= 4 is 29.7 Å². The Bertz CT molecular complexity index is 1490. The SMILES string of the molecule is COC(=O)[C@@]1(Sc2ccc(C)cc2)C[C@H](OC(=O)c2ccccc2)[C@@H](N=[N+]=[N-])[C@H]([C@H](OC(=O)c2ccccc2)[C@H](O)CO)O1. The zero-order chi connectivity index (χ0) is 31.7. The molecule has 4 rings (SSSR count). The molecule has 2 N–H and O–H groups in total. The van der Waals surface area contributed by atoms with Gasteiger partial charge < -0.3 is 29.2 Å². The standard InChI is InChI=1S/C31H31N3O9S/c1-19-13-15-22(16-14-19)44-31(30(39)40-2)17-24(41-28(37)20-9-5-3-6-10-20)25(33-34-32)27(43-31)26(23(36)18-35)42-29(38)21-11-7-4-8-12-21/h3-16,23-27,35-36H,17-18H2,1-2H3/t23-,24+,25-,26-,27-,31+/m1/s1. The van der Waals surface area contributed by atoms with Gasteiger partial charge in [0.05, 0.1) is 24.8 Å². The van der Waals surface area contributed by atoms with Crippen molar-refractivity contribution in [3.05, 3.63) is 112 Å². The summed E-state index contributed by atoms with van der Waals surface area (Å²) in [4.78, 5) is 41.5. The normalized spacial score (nSPS) is 22.5. The van der Waals surface area contributed by atoms with Crippen LogP contribution in [0.3, 0.4) is 0 Å². The molecule has 0 amide bonds. The number of methoxy groups -OCH3 is 1. The quantitative estimate of drug-likeness (QED) is 0.104. The van der Waals surface area contributed by atoms with Crippen LogP contribution in [-0.2, 0) is 23.7 Å². The molecule has 44 heavy (non-hydrogen) atoms. The number of carbonyl (C=O) groups is 3. The predicted molar refractivity (Wildman–Crippen MR) is 159 cm³/mol. The number of thioether (sulfide) groups is 1. The largest absolute Gasteiger partial charge is 0.466 e. The van der Waals surface area contributed by atoms with Crippen molar-refractivity contribution in [1.82, 2.24) is 0 Å². The van der Waals surface area contributed by atoms with Gasteiger partial charge in [-0.15, -0.1) is 0 Å². The van der Waals surface area contributed by atoms with E-state index in [2.05, 4.69) is 10.0 Å². The number of carbonyl (C=O) groups excluding carboxylic acids is 3. The fraction of sp³-hybridized carbons (Fsp3) is 0.323. The number of rotatable bonds is 11. The number of aliphatic hydroxyl groups is 2. The highest BCUT2D eigenvalue weighted by atomic mass is 32.2. The highest BCUT2D eigenvalue weighted by Gasteiger charge is 2.58. The molecule has 0 saturated carbocycles. The number of ether oxygens (including phenoxy) is 4. The van der Waals surface area contributed by atoms with Gasteiger partial charge in [0, 0.05) is 16.2 Å². The third kappa shape index (κ3) is 7.57. The van der Waals surface area contributed by atoms with E-state index in [0.717, 1.165) is 24.4 Å². The van der Waals surface area contributed by atoms with E-state index in [1.807, 2.05) is 19.1 Å². The lowest BCUT2D eigenvalue weighted by Gasteiger charge is -2.47. The van der Waals surface area contributed by atoms with E-state index in [9.17, 15) is 30.1 Å². The molecule has 1 saturated heterocycles. The summed E-state index contributed by atoms with van der Waals surface area (Å²) in [7, 11) is 1.15. The van der Waals surface area contributed by atoms with E-state index in [4.69, 9.17) is 18.9 Å². The van der Waals surface area contributed by atoms with Crippen molar-refractivity contribution in [3.63, 3.8) is 0 Å². The van der Waals surface area contributed by atoms with Crippen molar-refractivity contribution in [3.8, 4) is 0 Å². The predicted octanol–water partition coefficient (Wildman–Crippen LogP) is 4.23. The fourth-order valence-corrected chi connectivity index (χ4v) is 5.94. The van der Waals surface area contributed by atoms with Crippen molar-refractivity contribution in [2.24, 2.45) is 5.11 Å². The lowest BCUT2D eigenvalue weighted by Crippen LogP contribution is -2.63. The molecule has 3 aromatic carbocycles. The van der Waals surface area contributed by atoms with Crippen molar-refractivity contribution in [1.29, 1.82) is 0 Å². The maximum absolute atomic E-state index is 13.5. The Labute approximate surface area is 257 Å². The molecule has 6 atom stereocenters. The second-order valence-electron chi connectivity index (χ2n) is 9.94. The van der Waals surface area contributed by atoms with E-state index in [1.165, 1.54) is 24.3 Å². The Balaban J connectivity index is 1.83. The first kappa shape index (κ1) is 32.5. The molecule has 1 heterocycles. The third-order valence-electron chi connectivity index (χ3n) is 6.91. The minimum absolute atomic E-state index is 0.124. The lowest BCUT2D eigenvalue weighted by molar-refractivity contribution is -0.203. The van der Waals surface area contributed by atoms with Gasteiger partial charge in [0.15, 0.2) is 6.10 Å². The van der Waals surface area contributed by atoms with Crippen LogP contribution >= 0.6 is 11.8 Å². The van der Waals surface area contributed by atoms with E-state index >= 15 is 0 Å². The van der Waals surface area contributed by atoms with E-state index in [1.54, 1.807) is 48.5 Å². The number of aliphatic hydroxyl groups excluding tert-OH is 2. The summed E-state index contributed by atoms with van der Waals surface area (Å²) in [6, 6.07) is 21.6. The van der Waals surface area contributed by atoms with Crippen LogP contribution < -0.4 is 0 Å². The summed E-state index contributed by atoms with van der Waals surface area (Å²) in [5.74, 6) is -2.54. The molecule has 0 unspecified atom stereocenters. The number of nitrogens with zero attached hydrogens (tertiary/aromatic N) is 3. The van der Waals surface area contributed by atoms with Gasteiger partial charge >= 0.3 is 17.9 Å². The molecular weight excluding hydrogens is 590 g/mol. The molecule has 230 valence electrons. The van der Waals surface area contributed by atoms with Gasteiger partial charge in [-0.2, -0.15) is 0 Å². The van der Waals surface area contributed by atoms with Gasteiger partial charge in [-0.25, -0.2) is 14.4 Å². The Hall–Kier alpha value is -4.39. The molecule has 1 aliphatic heterocycles. The van der Waals surface area contributed by atoms with Gasteiger partial charge in [-0.05, 0) is 48.9 Å². The lowest BCUT2D eigenvalue weighted by atomic mass is 9.90. The topological polar surface area (TPSA) is 177 Å². The first-order valence-electron chi connectivity index (χ1n) is 13.6. The smallest absolute Gasteiger partial charge is 0.349 e. The summed E-state index contributed by atoms with van der Waals surface area (Å²) in [5, 5.41) is 24.7. The number of hydrogen-bond acceptors (Lipinski definition) is 11. The third-order valence-corrected chi connectivity index (χ3v) is 8.18. The van der Waals surface area contributed by atoms with Crippen molar-refractivity contribution < 1.29 is 43.5 Å². The van der Waals surface area contributed by atoms with Gasteiger partial charge in [0.25, 0.3) is 0 Å². The molecule has 0 radical (unpaired) electrons. The first-order valence-corrected chi connectivity index (χ1v) is 14.4. The van der Waals surface area contributed by atoms with Crippen LogP contribution in [0.1, 0.15) is 32.7 Å². The minimum atomic E-state index is -1.94. The van der Waals surface area contributed by atoms with Gasteiger partial charge in [-0.1, -0.05) is 71.0 Å². The van der Waals surface area contributed by atoms with E-state index in [-0.39, 0.29) is 17.5 Å². The van der Waals surface area contributed by atoms with Crippen LogP contribution in [0.5, 0.6) is 0 Å². The molecule has 1 aliphatic rings. The number of benzene rings is 3. The minimum Gasteiger partial charge on any atom is -0.466 e. The second-order valence-corrected chi connectivity index (χ2v) is 11.3. The highest BCUT2D eigenvalue weighted by Crippen LogP contribution is 2.46. The van der Waals surface area contributed by atoms with Crippen molar-refractivity contribution in [2.45, 2.75) is 53.6 Å². The average Bonchev–Trinajstić information content (AvgIpc) is 3.05. The summed E-state index contributed by atoms with van der Waals surface area (Å²) < 4.78 is 23.0. The summed E-state index contributed by atoms with van der Waals surface area (Å²) in [5.41, 5.74) is 10.8. The van der Waals surface area contributed by atoms with Crippen molar-refractivity contribution in [2.75, 3.05) is 13.7 Å². The fourth-order valence-electron chi connectivity index (χ4n) is 4.71. The first-order chi connectivity index (χ1) is 21.2. The molecule has 0 bridgehead atoms. The highest BCUT2D eigenvalue weighted by molar-refractivity contribution is 8.01. The molecule has 1 fully saturated rings. The van der Waals surface area contributed by atoms with Crippen LogP contribution in [0.4, 0.5) is 0 Å². The molecule has 0 aromatic heterocycles. The van der Waals surface area contributed by atoms with Gasteiger partial charge in [0.1, 0.15) is 24.4 Å². The van der Waals surface area contributed by atoms with E-state index in [0.29, 0.717) is 4.90 Å². The molecule has 12 nitrogen and oxygen atoms in total. The Kier molecular flexibility index (Phi) is 11.0. The Morgan fingerprint density at radius 3 is 2.16 bits per heavy atom. The zero-order valence-electron chi connectivity index (χ0n) is 23.9. The summed E-state index contributed by atoms with van der Waals surface area (Å²) in [6.45, 7) is 1.00. The van der Waals surface area contributed by atoms with Crippen LogP contribution in [0, 0.1) is 6.92 Å². The van der Waals surface area contributed by atoms with Gasteiger partial charge in [0.2, 0.25) is 4.93 Å². The Morgan fingerprint density at radius 1 is 1.02 bits per heavy atom. The molecule has 0 spiro atoms. The maximum Gasteiger partial charge on any atom is 0.349 e. The summed E-state index contributed by atoms with van der Waals surface area (Å²) >= 11 is 0.948. The number of azide groups is 1. The second kappa shape index (κ2) is 14.9. The Morgan fingerprint density at radius 2 is 1.61 bits per heavy atom. The zero-order valence-corrected chi connectivity index (χ0v) is 24.7. The van der Waals surface area contributed by atoms with Crippen LogP contribution in [0.2, 0.25) is 0 Å². The molecule has 13 heteroatoms. The summed E-state index contributed by atoms with van der Waals surface area (Å²) in [6.07, 6.45) is -6.72. The number of esters is 3. The maximum atomic E-state index is 13.5. The van der Waals surface area contributed by atoms with E-state index < -0.39 is 59.9 Å². The molecule has 0 aliphatic carbocycles. The number of aryl methyl sites for hydroxylation is 1. The molecule has 3 aromatic rings. The number of hydrogen-bond donors (Lipinski definition) is 2.